The molecule has 0 radical (unpaired) electrons. The second-order valence-electron chi connectivity index (χ2n) is 8.69. The number of piperidine rings is 1. The Morgan fingerprint density at radius 3 is 2.82 bits per heavy atom. The molecule has 1 aromatic carbocycles. The zero-order chi connectivity index (χ0) is 23.4. The van der Waals surface area contributed by atoms with Crippen molar-refractivity contribution >= 4 is 44.4 Å². The molecule has 8 nitrogen and oxygen atoms in total. The number of amides is 2. The highest BCUT2D eigenvalue weighted by atomic mass is 79.9. The van der Waals surface area contributed by atoms with Gasteiger partial charge in [-0.2, -0.15) is 5.10 Å². The monoisotopic (exact) mass is 513 g/mol. The average Bonchev–Trinajstić information content (AvgIpc) is 3.28. The Kier molecular flexibility index (Phi) is 5.27. The van der Waals surface area contributed by atoms with E-state index in [-0.39, 0.29) is 42.3 Å². The standard InChI is InChI=1S/C23H21BrFN5O3/c1-11-5-14-18(9-27-11)29(28-22(14)23(26)33)10-20(32)30-16-6-13(16)7-17(30)19(31)8-12-3-2-4-15(24)21(12)25/h2-5,9,13,16-17H,6-8,10H2,1H3,(H2,26,33)/t13-,16-,17+/m1/s1. The van der Waals surface area contributed by atoms with Gasteiger partial charge in [-0.1, -0.05) is 12.1 Å². The maximum Gasteiger partial charge on any atom is 0.269 e. The van der Waals surface area contributed by atoms with E-state index in [0.29, 0.717) is 33.1 Å². The molecule has 2 fully saturated rings. The number of nitrogens with two attached hydrogens (primary N) is 1. The lowest BCUT2D eigenvalue weighted by Gasteiger charge is -2.27. The van der Waals surface area contributed by atoms with E-state index in [1.165, 1.54) is 4.68 Å². The van der Waals surface area contributed by atoms with Crippen molar-refractivity contribution in [2.45, 2.75) is 44.8 Å². The average molecular weight is 514 g/mol. The lowest BCUT2D eigenvalue weighted by atomic mass is 10.00. The minimum absolute atomic E-state index is 0.0108. The molecule has 1 saturated heterocycles. The smallest absolute Gasteiger partial charge is 0.269 e. The predicted molar refractivity (Wildman–Crippen MR) is 121 cm³/mol. The van der Waals surface area contributed by atoms with Gasteiger partial charge in [0.15, 0.2) is 11.5 Å². The van der Waals surface area contributed by atoms with E-state index in [1.807, 2.05) is 0 Å². The van der Waals surface area contributed by atoms with Gasteiger partial charge in [0, 0.05) is 23.5 Å². The summed E-state index contributed by atoms with van der Waals surface area (Å²) < 4.78 is 16.1. The van der Waals surface area contributed by atoms with Crippen molar-refractivity contribution in [1.82, 2.24) is 19.7 Å². The molecule has 0 bridgehead atoms. The number of aryl methyl sites for hydroxylation is 1. The molecular formula is C23H21BrFN5O3. The maximum atomic E-state index is 14.4. The van der Waals surface area contributed by atoms with Gasteiger partial charge in [-0.15, -0.1) is 0 Å². The molecule has 2 aliphatic rings. The number of nitrogens with zero attached hydrogens (tertiary/aromatic N) is 4. The Morgan fingerprint density at radius 2 is 2.06 bits per heavy atom. The van der Waals surface area contributed by atoms with Gasteiger partial charge in [0.1, 0.15) is 12.4 Å². The highest BCUT2D eigenvalue weighted by Crippen LogP contribution is 2.48. The first-order valence-electron chi connectivity index (χ1n) is 10.6. The number of ketones is 1. The highest BCUT2D eigenvalue weighted by molar-refractivity contribution is 9.10. The number of aromatic nitrogens is 3. The molecule has 3 heterocycles. The summed E-state index contributed by atoms with van der Waals surface area (Å²) in [6.07, 6.45) is 2.91. The van der Waals surface area contributed by atoms with Gasteiger partial charge in [-0.3, -0.25) is 24.0 Å². The van der Waals surface area contributed by atoms with E-state index in [2.05, 4.69) is 26.0 Å². The molecule has 33 heavy (non-hydrogen) atoms. The molecule has 1 saturated carbocycles. The van der Waals surface area contributed by atoms with Crippen LogP contribution >= 0.6 is 15.9 Å². The maximum absolute atomic E-state index is 14.4. The molecule has 3 atom stereocenters. The molecule has 2 amide bonds. The number of carbonyl (C=O) groups is 3. The van der Waals surface area contributed by atoms with E-state index in [0.717, 1.165) is 6.42 Å². The van der Waals surface area contributed by atoms with Crippen LogP contribution in [0.15, 0.2) is 34.9 Å². The second-order valence-corrected chi connectivity index (χ2v) is 9.54. The Bertz CT molecular complexity index is 1320. The van der Waals surface area contributed by atoms with Crippen molar-refractivity contribution in [1.29, 1.82) is 0 Å². The zero-order valence-electron chi connectivity index (χ0n) is 17.8. The fourth-order valence-corrected chi connectivity index (χ4v) is 5.19. The Hall–Kier alpha value is -3.14. The normalized spacial score (nSPS) is 21.3. The lowest BCUT2D eigenvalue weighted by Crippen LogP contribution is -2.45. The summed E-state index contributed by atoms with van der Waals surface area (Å²) in [5.74, 6) is -1.32. The molecule has 1 aliphatic carbocycles. The number of pyridine rings is 1. The summed E-state index contributed by atoms with van der Waals surface area (Å²) in [5, 5.41) is 4.79. The molecule has 5 rings (SSSR count). The van der Waals surface area contributed by atoms with Gasteiger partial charge in [-0.05, 0) is 59.3 Å². The number of hydrogen-bond acceptors (Lipinski definition) is 5. The summed E-state index contributed by atoms with van der Waals surface area (Å²) in [5.41, 5.74) is 7.07. The SMILES string of the molecule is Cc1cc2c(C(N)=O)nn(CC(=O)N3[C@@H]4C[C@@H]4C[C@H]3C(=O)Cc3cccc(Br)c3F)c2cn1. The Balaban J connectivity index is 1.39. The first kappa shape index (κ1) is 21.7. The van der Waals surface area contributed by atoms with Crippen LogP contribution in [0.4, 0.5) is 4.39 Å². The van der Waals surface area contributed by atoms with Gasteiger partial charge >= 0.3 is 0 Å². The molecule has 2 N–H and O–H groups in total. The van der Waals surface area contributed by atoms with E-state index in [9.17, 15) is 18.8 Å². The third kappa shape index (κ3) is 3.82. The number of rotatable bonds is 6. The van der Waals surface area contributed by atoms with Crippen molar-refractivity contribution in [3.63, 3.8) is 0 Å². The van der Waals surface area contributed by atoms with E-state index in [4.69, 9.17) is 5.73 Å². The summed E-state index contributed by atoms with van der Waals surface area (Å²) in [6, 6.07) is 5.95. The molecule has 10 heteroatoms. The summed E-state index contributed by atoms with van der Waals surface area (Å²) in [4.78, 5) is 44.1. The predicted octanol–water partition coefficient (Wildman–Crippen LogP) is 2.54. The Labute approximate surface area is 197 Å². The lowest BCUT2D eigenvalue weighted by molar-refractivity contribution is -0.139. The molecule has 1 aliphatic heterocycles. The number of benzene rings is 1. The van der Waals surface area contributed by atoms with Gasteiger partial charge in [-0.25, -0.2) is 4.39 Å². The zero-order valence-corrected chi connectivity index (χ0v) is 19.4. The minimum Gasteiger partial charge on any atom is -0.364 e. The van der Waals surface area contributed by atoms with Gasteiger partial charge in [0.2, 0.25) is 5.91 Å². The summed E-state index contributed by atoms with van der Waals surface area (Å²) >= 11 is 3.15. The van der Waals surface area contributed by atoms with Crippen LogP contribution in [0.1, 0.15) is 34.6 Å². The fraction of sp³-hybridized carbons (Fsp3) is 0.348. The van der Waals surface area contributed by atoms with Gasteiger partial charge < -0.3 is 10.6 Å². The van der Waals surface area contributed by atoms with Crippen molar-refractivity contribution in [2.24, 2.45) is 11.7 Å². The first-order valence-corrected chi connectivity index (χ1v) is 11.4. The van der Waals surface area contributed by atoms with Crippen LogP contribution in [0.25, 0.3) is 10.9 Å². The topological polar surface area (TPSA) is 111 Å². The number of carbonyl (C=O) groups excluding carboxylic acids is 3. The number of fused-ring (bicyclic) bond motifs is 2. The summed E-state index contributed by atoms with van der Waals surface area (Å²) in [7, 11) is 0. The van der Waals surface area contributed by atoms with Crippen LogP contribution in [-0.4, -0.2) is 49.3 Å². The van der Waals surface area contributed by atoms with Crippen LogP contribution in [0.2, 0.25) is 0 Å². The van der Waals surface area contributed by atoms with Crippen LogP contribution < -0.4 is 5.73 Å². The summed E-state index contributed by atoms with van der Waals surface area (Å²) in [6.45, 7) is 1.64. The van der Waals surface area contributed by atoms with E-state index < -0.39 is 17.8 Å². The van der Waals surface area contributed by atoms with Crippen LogP contribution in [0.5, 0.6) is 0 Å². The highest BCUT2D eigenvalue weighted by Gasteiger charge is 2.55. The molecule has 2 aromatic heterocycles. The van der Waals surface area contributed by atoms with Crippen LogP contribution in [0.3, 0.4) is 0 Å². The Morgan fingerprint density at radius 1 is 1.27 bits per heavy atom. The van der Waals surface area contributed by atoms with Crippen molar-refractivity contribution in [2.75, 3.05) is 0 Å². The molecule has 0 spiro atoms. The number of primary amides is 1. The molecular weight excluding hydrogens is 493 g/mol. The third-order valence-corrected chi connectivity index (χ3v) is 7.06. The van der Waals surface area contributed by atoms with Crippen LogP contribution in [-0.2, 0) is 22.6 Å². The van der Waals surface area contributed by atoms with Crippen molar-refractivity contribution in [3.8, 4) is 0 Å². The van der Waals surface area contributed by atoms with Crippen LogP contribution in [0, 0.1) is 18.7 Å². The van der Waals surface area contributed by atoms with Crippen molar-refractivity contribution in [3.05, 3.63) is 57.7 Å². The van der Waals surface area contributed by atoms with Crippen molar-refractivity contribution < 1.29 is 18.8 Å². The number of likely N-dealkylation sites (tertiary alicyclic amines) is 1. The quantitative estimate of drug-likeness (QED) is 0.544. The van der Waals surface area contributed by atoms with E-state index in [1.54, 1.807) is 42.3 Å². The first-order chi connectivity index (χ1) is 15.7. The van der Waals surface area contributed by atoms with Gasteiger partial charge in [0.25, 0.3) is 5.91 Å². The van der Waals surface area contributed by atoms with Gasteiger partial charge in [0.05, 0.1) is 22.2 Å². The minimum atomic E-state index is -0.690. The molecule has 170 valence electrons. The molecule has 3 aromatic rings. The number of Topliss-reactive ketones (excluding diaryl/α,β-unsaturated/α-hetero) is 1. The van der Waals surface area contributed by atoms with E-state index >= 15 is 0 Å². The molecule has 0 unspecified atom stereocenters. The number of halogens is 2. The second kappa shape index (κ2) is 8.02. The third-order valence-electron chi connectivity index (χ3n) is 6.45. The largest absolute Gasteiger partial charge is 0.364 e. The number of hydrogen-bond donors (Lipinski definition) is 1. The fourth-order valence-electron chi connectivity index (χ4n) is 4.78.